The molecule has 0 aromatic heterocycles. The summed E-state index contributed by atoms with van der Waals surface area (Å²) in [4.78, 5) is 15.0. The molecule has 0 aliphatic heterocycles. The van der Waals surface area contributed by atoms with Crippen LogP contribution in [0.1, 0.15) is 42.9 Å². The van der Waals surface area contributed by atoms with Gasteiger partial charge in [0, 0.05) is 40.9 Å². The fourth-order valence-corrected chi connectivity index (χ4v) is 5.18. The normalized spacial score (nSPS) is 17.5. The van der Waals surface area contributed by atoms with Crippen molar-refractivity contribution in [3.63, 3.8) is 0 Å². The highest BCUT2D eigenvalue weighted by molar-refractivity contribution is 6.31. The van der Waals surface area contributed by atoms with E-state index in [1.165, 1.54) is 6.07 Å². The summed E-state index contributed by atoms with van der Waals surface area (Å²) in [6.45, 7) is 7.45. The first kappa shape index (κ1) is 27.1. The summed E-state index contributed by atoms with van der Waals surface area (Å²) < 4.78 is 48.5. The Balaban J connectivity index is 1.66. The first-order valence-corrected chi connectivity index (χ1v) is 12.8. The molecule has 0 saturated carbocycles. The quantitative estimate of drug-likeness (QED) is 0.391. The number of benzene rings is 2. The first-order valence-electron chi connectivity index (χ1n) is 12.0. The lowest BCUT2D eigenvalue weighted by Gasteiger charge is -2.28. The van der Waals surface area contributed by atoms with E-state index in [0.717, 1.165) is 18.8 Å². The van der Waals surface area contributed by atoms with Crippen LogP contribution >= 0.6 is 23.2 Å². The van der Waals surface area contributed by atoms with E-state index < -0.39 is 24.3 Å². The third-order valence-corrected chi connectivity index (χ3v) is 7.18. The number of fused-ring (bicyclic) bond motifs is 3. The van der Waals surface area contributed by atoms with Crippen molar-refractivity contribution in [2.45, 2.75) is 45.4 Å². The number of nitrogens with zero attached hydrogens (tertiary/aromatic N) is 1. The number of ether oxygens (including phenoxy) is 1. The predicted octanol–water partition coefficient (Wildman–Crippen LogP) is 8.61. The number of hydrogen-bond donors (Lipinski definition) is 1. The summed E-state index contributed by atoms with van der Waals surface area (Å²) in [6, 6.07) is 10.1. The molecule has 0 heterocycles. The lowest BCUT2D eigenvalue weighted by molar-refractivity contribution is -0.205. The second-order valence-corrected chi connectivity index (χ2v) is 9.85. The molecule has 2 aromatic carbocycles. The van der Waals surface area contributed by atoms with E-state index in [1.807, 2.05) is 26.0 Å². The average Bonchev–Trinajstić information content (AvgIpc) is 2.99. The summed E-state index contributed by atoms with van der Waals surface area (Å²) in [6.07, 6.45) is -3.15. The Labute approximate surface area is 224 Å². The lowest BCUT2D eigenvalue weighted by atomic mass is 9.90. The molecule has 0 fully saturated rings. The third kappa shape index (κ3) is 5.68. The Bertz CT molecular complexity index is 1300. The Morgan fingerprint density at radius 3 is 2.51 bits per heavy atom. The van der Waals surface area contributed by atoms with E-state index in [4.69, 9.17) is 27.9 Å². The maximum absolute atomic E-state index is 14.5. The van der Waals surface area contributed by atoms with Crippen LogP contribution in [0, 0.1) is 6.92 Å². The van der Waals surface area contributed by atoms with Crippen molar-refractivity contribution >= 4 is 46.2 Å². The van der Waals surface area contributed by atoms with E-state index in [-0.39, 0.29) is 0 Å². The maximum Gasteiger partial charge on any atom is 0.426 e. The minimum atomic E-state index is -4.84. The average molecular weight is 551 g/mol. The molecular weight excluding hydrogens is 524 g/mol. The van der Waals surface area contributed by atoms with Gasteiger partial charge in [0.2, 0.25) is 6.10 Å². The minimum absolute atomic E-state index is 0.371. The monoisotopic (exact) mass is 550 g/mol. The van der Waals surface area contributed by atoms with Crippen molar-refractivity contribution in [3.05, 3.63) is 86.9 Å². The predicted molar refractivity (Wildman–Crippen MR) is 143 cm³/mol. The molecule has 0 spiro atoms. The molecule has 0 bridgehead atoms. The molecule has 4 nitrogen and oxygen atoms in total. The van der Waals surface area contributed by atoms with Crippen LogP contribution in [0.2, 0.25) is 5.02 Å². The van der Waals surface area contributed by atoms with E-state index in [0.29, 0.717) is 50.0 Å². The third-order valence-electron chi connectivity index (χ3n) is 6.67. The molecular formula is C28H27Cl2F3N2O2. The standard InChI is InChI=1S/C28H27Cl2F3N2O2/c1-4-35(5-2)19-9-13-24(16(3)14-19)34-27(36)37-26(28(31,32)33)25-21-11-7-17(29)6-10-20(21)23-15-18(30)8-12-22(23)25/h7-15,25-26H,4-6H2,1-3H3,(H,34,36). The Morgan fingerprint density at radius 1 is 1.14 bits per heavy atom. The summed E-state index contributed by atoms with van der Waals surface area (Å²) in [5, 5.41) is 3.38. The smallest absolute Gasteiger partial charge is 0.426 e. The number of anilines is 2. The van der Waals surface area contributed by atoms with Gasteiger partial charge in [-0.25, -0.2) is 4.79 Å². The van der Waals surface area contributed by atoms with E-state index in [2.05, 4.69) is 10.2 Å². The van der Waals surface area contributed by atoms with Crippen LogP contribution in [0.15, 0.2) is 65.2 Å². The zero-order valence-corrected chi connectivity index (χ0v) is 22.1. The molecule has 2 unspecified atom stereocenters. The summed E-state index contributed by atoms with van der Waals surface area (Å²) in [5.41, 5.74) is 4.00. The molecule has 1 amide bonds. The van der Waals surface area contributed by atoms with Gasteiger partial charge in [-0.15, -0.1) is 0 Å². The molecule has 9 heteroatoms. The molecule has 2 atom stereocenters. The maximum atomic E-state index is 14.5. The fourth-order valence-electron chi connectivity index (χ4n) is 4.87. The molecule has 2 aliphatic rings. The number of rotatable bonds is 6. The summed E-state index contributed by atoms with van der Waals surface area (Å²) in [5.74, 6) is -1.27. The molecule has 196 valence electrons. The lowest BCUT2D eigenvalue weighted by Crippen LogP contribution is -2.40. The highest BCUT2D eigenvalue weighted by Crippen LogP contribution is 2.52. The van der Waals surface area contributed by atoms with Crippen molar-refractivity contribution in [3.8, 4) is 0 Å². The van der Waals surface area contributed by atoms with Crippen LogP contribution < -0.4 is 10.2 Å². The highest BCUT2D eigenvalue weighted by Gasteiger charge is 2.52. The van der Waals surface area contributed by atoms with Gasteiger partial charge in [-0.1, -0.05) is 41.4 Å². The largest absolute Gasteiger partial charge is 0.435 e. The van der Waals surface area contributed by atoms with Gasteiger partial charge in [0.1, 0.15) is 0 Å². The van der Waals surface area contributed by atoms with Gasteiger partial charge in [0.15, 0.2) is 0 Å². The van der Waals surface area contributed by atoms with Crippen molar-refractivity contribution in [1.82, 2.24) is 0 Å². The Morgan fingerprint density at radius 2 is 1.86 bits per heavy atom. The van der Waals surface area contributed by atoms with Gasteiger partial charge in [0.25, 0.3) is 0 Å². The zero-order valence-electron chi connectivity index (χ0n) is 20.6. The molecule has 4 rings (SSSR count). The van der Waals surface area contributed by atoms with Crippen LogP contribution in [-0.4, -0.2) is 31.5 Å². The van der Waals surface area contributed by atoms with Crippen LogP contribution in [-0.2, 0) is 4.74 Å². The minimum Gasteiger partial charge on any atom is -0.435 e. The number of carbonyl (C=O) groups excluding carboxylic acids is 1. The summed E-state index contributed by atoms with van der Waals surface area (Å²) in [7, 11) is 0. The van der Waals surface area contributed by atoms with Crippen LogP contribution in [0.4, 0.5) is 29.3 Å². The number of alkyl halides is 3. The van der Waals surface area contributed by atoms with Crippen LogP contribution in [0.25, 0.3) is 5.57 Å². The van der Waals surface area contributed by atoms with Crippen LogP contribution in [0.3, 0.4) is 0 Å². The second kappa shape index (κ2) is 10.8. The van der Waals surface area contributed by atoms with Crippen LogP contribution in [0.5, 0.6) is 0 Å². The zero-order chi connectivity index (χ0) is 26.9. The molecule has 0 radical (unpaired) electrons. The number of halogens is 5. The van der Waals surface area contributed by atoms with Crippen molar-refractivity contribution in [1.29, 1.82) is 0 Å². The number of carbonyl (C=O) groups is 1. The fraction of sp³-hybridized carbons (Fsp3) is 0.321. The Kier molecular flexibility index (Phi) is 7.95. The first-order chi connectivity index (χ1) is 17.5. The Hall–Kier alpha value is -2.90. The van der Waals surface area contributed by atoms with E-state index >= 15 is 0 Å². The molecule has 37 heavy (non-hydrogen) atoms. The van der Waals surface area contributed by atoms with E-state index in [1.54, 1.807) is 43.4 Å². The highest BCUT2D eigenvalue weighted by atomic mass is 35.5. The molecule has 2 aliphatic carbocycles. The SMILES string of the molecule is CCN(CC)c1ccc(NC(=O)OC(C2C3=CC=C(Cl)CC=C3c3cc(Cl)ccc32)C(F)(F)F)c(C)c1. The number of aryl methyl sites for hydroxylation is 1. The number of nitrogens with one attached hydrogen (secondary N) is 1. The molecule has 0 saturated heterocycles. The van der Waals surface area contributed by atoms with Gasteiger partial charge in [0.05, 0.1) is 5.92 Å². The van der Waals surface area contributed by atoms with Gasteiger partial charge in [-0.05, 0) is 85.0 Å². The summed E-state index contributed by atoms with van der Waals surface area (Å²) >= 11 is 12.3. The topological polar surface area (TPSA) is 41.6 Å². The van der Waals surface area contributed by atoms with Gasteiger partial charge in [-0.3, -0.25) is 5.32 Å². The van der Waals surface area contributed by atoms with Gasteiger partial charge >= 0.3 is 12.3 Å². The molecule has 1 N–H and O–H groups in total. The number of amides is 1. The van der Waals surface area contributed by atoms with Gasteiger partial charge in [-0.2, -0.15) is 13.2 Å². The van der Waals surface area contributed by atoms with Crippen molar-refractivity contribution in [2.75, 3.05) is 23.3 Å². The van der Waals surface area contributed by atoms with Crippen molar-refractivity contribution < 1.29 is 22.7 Å². The van der Waals surface area contributed by atoms with Crippen molar-refractivity contribution in [2.24, 2.45) is 0 Å². The number of allylic oxidation sites excluding steroid dienone is 5. The van der Waals surface area contributed by atoms with E-state index in [9.17, 15) is 18.0 Å². The number of hydrogen-bond acceptors (Lipinski definition) is 3. The second-order valence-electron chi connectivity index (χ2n) is 8.93. The van der Waals surface area contributed by atoms with Gasteiger partial charge < -0.3 is 9.64 Å². The molecule has 2 aromatic rings.